The van der Waals surface area contributed by atoms with Crippen molar-refractivity contribution >= 4 is 32.4 Å². The van der Waals surface area contributed by atoms with Crippen molar-refractivity contribution in [1.82, 2.24) is 5.32 Å². The highest BCUT2D eigenvalue weighted by atomic mass is 32.2. The molecule has 0 saturated carbocycles. The van der Waals surface area contributed by atoms with Crippen LogP contribution in [0.5, 0.6) is 5.75 Å². The van der Waals surface area contributed by atoms with Gasteiger partial charge in [0.05, 0.1) is 17.7 Å². The lowest BCUT2D eigenvalue weighted by molar-refractivity contribution is -0.119. The average molecular weight is 517 g/mol. The zero-order valence-corrected chi connectivity index (χ0v) is 22.2. The summed E-state index contributed by atoms with van der Waals surface area (Å²) in [5.41, 5.74) is 2.53. The number of rotatable bonds is 10. The van der Waals surface area contributed by atoms with Gasteiger partial charge in [-0.25, -0.2) is 8.42 Å². The summed E-state index contributed by atoms with van der Waals surface area (Å²) >= 11 is 0. The van der Waals surface area contributed by atoms with Gasteiger partial charge in [0.1, 0.15) is 12.3 Å². The molecule has 1 atom stereocenters. The van der Waals surface area contributed by atoms with Gasteiger partial charge in [-0.05, 0) is 59.9 Å². The topological polar surface area (TPSA) is 75.7 Å². The molecule has 0 aliphatic rings. The van der Waals surface area contributed by atoms with Crippen molar-refractivity contribution in [3.05, 3.63) is 102 Å². The second kappa shape index (κ2) is 11.5. The minimum atomic E-state index is -3.99. The number of fused-ring (bicyclic) bond motifs is 1. The number of carbonyl (C=O) groups excluding carboxylic acids is 1. The Morgan fingerprint density at radius 2 is 1.65 bits per heavy atom. The lowest BCUT2D eigenvalue weighted by atomic mass is 9.96. The summed E-state index contributed by atoms with van der Waals surface area (Å²) < 4.78 is 33.6. The fraction of sp³-hybridized carbons (Fsp3) is 0.233. The summed E-state index contributed by atoms with van der Waals surface area (Å²) in [5.74, 6) is 0.294. The van der Waals surface area contributed by atoms with E-state index < -0.39 is 10.0 Å². The quantitative estimate of drug-likeness (QED) is 0.308. The number of carbonyl (C=O) groups is 1. The molecule has 1 unspecified atom stereocenters. The highest BCUT2D eigenvalue weighted by Crippen LogP contribution is 2.27. The van der Waals surface area contributed by atoms with Crippen molar-refractivity contribution in [2.45, 2.75) is 25.2 Å². The molecule has 0 bridgehead atoms. The van der Waals surface area contributed by atoms with Gasteiger partial charge in [-0.3, -0.25) is 9.10 Å². The van der Waals surface area contributed by atoms with Crippen LogP contribution in [0.25, 0.3) is 10.8 Å². The molecule has 1 amide bonds. The number of methoxy groups -OCH3 is 1. The molecule has 0 fully saturated rings. The molecule has 0 radical (unpaired) electrons. The molecule has 0 aromatic heterocycles. The van der Waals surface area contributed by atoms with E-state index in [0.29, 0.717) is 18.0 Å². The van der Waals surface area contributed by atoms with Gasteiger partial charge in [-0.2, -0.15) is 0 Å². The zero-order chi connectivity index (χ0) is 26.4. The van der Waals surface area contributed by atoms with E-state index in [9.17, 15) is 13.2 Å². The Balaban J connectivity index is 1.50. The minimum Gasteiger partial charge on any atom is -0.497 e. The summed E-state index contributed by atoms with van der Waals surface area (Å²) in [5, 5.41) is 5.33. The number of sulfonamides is 1. The van der Waals surface area contributed by atoms with Crippen LogP contribution in [-0.4, -0.2) is 34.5 Å². The number of aryl methyl sites for hydroxylation is 1. The first-order valence-electron chi connectivity index (χ1n) is 12.2. The lowest BCUT2D eigenvalue weighted by Gasteiger charge is -2.25. The zero-order valence-electron chi connectivity index (χ0n) is 21.3. The van der Waals surface area contributed by atoms with Gasteiger partial charge in [-0.1, -0.05) is 73.2 Å². The number of amides is 1. The van der Waals surface area contributed by atoms with E-state index in [1.165, 1.54) is 23.4 Å². The summed E-state index contributed by atoms with van der Waals surface area (Å²) in [6, 6.07) is 27.8. The van der Waals surface area contributed by atoms with Crippen LogP contribution in [-0.2, 0) is 21.2 Å². The third-order valence-electron chi connectivity index (χ3n) is 6.33. The van der Waals surface area contributed by atoms with E-state index in [1.807, 2.05) is 25.1 Å². The highest BCUT2D eigenvalue weighted by Gasteiger charge is 2.27. The number of nitrogens with one attached hydrogen (secondary N) is 1. The van der Waals surface area contributed by atoms with Crippen molar-refractivity contribution in [1.29, 1.82) is 0 Å². The van der Waals surface area contributed by atoms with E-state index in [2.05, 4.69) is 36.5 Å². The maximum Gasteiger partial charge on any atom is 0.264 e. The average Bonchev–Trinajstić information content (AvgIpc) is 2.91. The van der Waals surface area contributed by atoms with E-state index in [-0.39, 0.29) is 23.3 Å². The maximum absolute atomic E-state index is 13.6. The Bertz CT molecular complexity index is 1480. The van der Waals surface area contributed by atoms with E-state index >= 15 is 0 Å². The first-order chi connectivity index (χ1) is 17.8. The van der Waals surface area contributed by atoms with Gasteiger partial charge in [0.2, 0.25) is 5.91 Å². The molecule has 37 heavy (non-hydrogen) atoms. The molecule has 1 N–H and O–H groups in total. The molecule has 192 valence electrons. The van der Waals surface area contributed by atoms with Crippen LogP contribution < -0.4 is 14.4 Å². The summed E-state index contributed by atoms with van der Waals surface area (Å²) in [7, 11) is -2.47. The number of benzene rings is 4. The number of ether oxygens (including phenoxy) is 1. The summed E-state index contributed by atoms with van der Waals surface area (Å²) in [6.45, 7) is 4.05. The van der Waals surface area contributed by atoms with Gasteiger partial charge < -0.3 is 10.1 Å². The van der Waals surface area contributed by atoms with E-state index in [1.54, 1.807) is 48.5 Å². The Labute approximate surface area is 218 Å². The standard InChI is InChI=1S/C30H32N2O4S/c1-22-14-16-28(17-15-22)37(34,35)32(26-11-7-12-27(19-26)36-3)21-30(33)31-20-23(2)18-25-10-6-9-24-8-4-5-13-29(24)25/h4-17,19,23H,18,20-21H2,1-3H3,(H,31,33). The summed E-state index contributed by atoms with van der Waals surface area (Å²) in [6.07, 6.45) is 0.795. The smallest absolute Gasteiger partial charge is 0.264 e. The van der Waals surface area contributed by atoms with Crippen molar-refractivity contribution in [3.8, 4) is 5.75 Å². The van der Waals surface area contributed by atoms with Gasteiger partial charge in [0, 0.05) is 12.6 Å². The first kappa shape index (κ1) is 26.2. The Hall–Kier alpha value is -3.84. The number of nitrogens with zero attached hydrogens (tertiary/aromatic N) is 1. The molecule has 4 aromatic rings. The molecule has 6 nitrogen and oxygen atoms in total. The molecule has 0 aliphatic heterocycles. The van der Waals surface area contributed by atoms with Gasteiger partial charge in [0.25, 0.3) is 10.0 Å². The maximum atomic E-state index is 13.6. The van der Waals surface area contributed by atoms with E-state index in [4.69, 9.17) is 4.74 Å². The number of hydrogen-bond donors (Lipinski definition) is 1. The van der Waals surface area contributed by atoms with Crippen LogP contribution in [0.2, 0.25) is 0 Å². The van der Waals surface area contributed by atoms with Crippen LogP contribution in [0.4, 0.5) is 5.69 Å². The molecule has 0 heterocycles. The molecule has 0 spiro atoms. The fourth-order valence-electron chi connectivity index (χ4n) is 4.31. The van der Waals surface area contributed by atoms with Crippen molar-refractivity contribution < 1.29 is 17.9 Å². The van der Waals surface area contributed by atoms with Crippen molar-refractivity contribution in [2.75, 3.05) is 24.5 Å². The first-order valence-corrected chi connectivity index (χ1v) is 13.7. The third kappa shape index (κ3) is 6.30. The molecule has 4 aromatic carbocycles. The molecule has 0 saturated heterocycles. The second-order valence-corrected chi connectivity index (χ2v) is 11.1. The van der Waals surface area contributed by atoms with Crippen LogP contribution in [0.3, 0.4) is 0 Å². The monoisotopic (exact) mass is 516 g/mol. The summed E-state index contributed by atoms with van der Waals surface area (Å²) in [4.78, 5) is 13.2. The normalized spacial score (nSPS) is 12.2. The van der Waals surface area contributed by atoms with Gasteiger partial charge in [0.15, 0.2) is 0 Å². The number of anilines is 1. The predicted octanol–water partition coefficient (Wildman–Crippen LogP) is 5.35. The van der Waals surface area contributed by atoms with Gasteiger partial charge >= 0.3 is 0 Å². The van der Waals surface area contributed by atoms with Crippen LogP contribution >= 0.6 is 0 Å². The Kier molecular flexibility index (Phi) is 8.14. The predicted molar refractivity (Wildman–Crippen MR) is 149 cm³/mol. The second-order valence-electron chi connectivity index (χ2n) is 9.28. The van der Waals surface area contributed by atoms with Crippen molar-refractivity contribution in [2.24, 2.45) is 5.92 Å². The van der Waals surface area contributed by atoms with Crippen LogP contribution in [0, 0.1) is 12.8 Å². The minimum absolute atomic E-state index is 0.123. The number of hydrogen-bond acceptors (Lipinski definition) is 4. The fourth-order valence-corrected chi connectivity index (χ4v) is 5.72. The molecule has 0 aliphatic carbocycles. The molecule has 7 heteroatoms. The van der Waals surface area contributed by atoms with Crippen LogP contribution in [0.1, 0.15) is 18.1 Å². The molecular weight excluding hydrogens is 484 g/mol. The molecular formula is C30H32N2O4S. The Morgan fingerprint density at radius 1 is 0.946 bits per heavy atom. The Morgan fingerprint density at radius 3 is 2.41 bits per heavy atom. The largest absolute Gasteiger partial charge is 0.497 e. The highest BCUT2D eigenvalue weighted by molar-refractivity contribution is 7.92. The lowest BCUT2D eigenvalue weighted by Crippen LogP contribution is -2.42. The van der Waals surface area contributed by atoms with Crippen molar-refractivity contribution in [3.63, 3.8) is 0 Å². The SMILES string of the molecule is COc1cccc(N(CC(=O)NCC(C)Cc2cccc3ccccc23)S(=O)(=O)c2ccc(C)cc2)c1. The molecule has 4 rings (SSSR count). The van der Waals surface area contributed by atoms with E-state index in [0.717, 1.165) is 16.3 Å². The van der Waals surface area contributed by atoms with Gasteiger partial charge in [-0.15, -0.1) is 0 Å². The van der Waals surface area contributed by atoms with Crippen LogP contribution in [0.15, 0.2) is 95.9 Å². The third-order valence-corrected chi connectivity index (χ3v) is 8.12.